The number of rotatable bonds is 3. The molecule has 1 aliphatic heterocycles. The Morgan fingerprint density at radius 1 is 1.20 bits per heavy atom. The molecule has 2 atom stereocenters. The van der Waals surface area contributed by atoms with Crippen LogP contribution in [-0.4, -0.2) is 65.2 Å². The lowest BCUT2D eigenvalue weighted by atomic mass is 9.84. The first-order valence-electron chi connectivity index (χ1n) is 7.86. The lowest BCUT2D eigenvalue weighted by Crippen LogP contribution is -2.55. The van der Waals surface area contributed by atoms with Crippen molar-refractivity contribution in [3.63, 3.8) is 0 Å². The van der Waals surface area contributed by atoms with Crippen LogP contribution < -0.4 is 5.73 Å². The molecule has 0 aromatic carbocycles. The quantitative estimate of drug-likeness (QED) is 0.787. The van der Waals surface area contributed by atoms with Crippen LogP contribution >= 0.6 is 0 Å². The number of nitrogens with zero attached hydrogens (tertiary/aromatic N) is 2. The van der Waals surface area contributed by atoms with Gasteiger partial charge in [0.2, 0.25) is 5.91 Å². The standard InChI is InChI=1S/C15H29N3O2/c1-15(2,20)11-17-7-9-18(10-8-17)14(19)12-5-3-4-6-13(12)16/h12-13,20H,3-11,16H2,1-2H3. The molecule has 2 fully saturated rings. The van der Waals surface area contributed by atoms with Crippen molar-refractivity contribution in [2.24, 2.45) is 11.7 Å². The van der Waals surface area contributed by atoms with Gasteiger partial charge in [-0.05, 0) is 26.7 Å². The van der Waals surface area contributed by atoms with Gasteiger partial charge in [0.1, 0.15) is 0 Å². The molecule has 1 saturated heterocycles. The first-order chi connectivity index (χ1) is 9.37. The van der Waals surface area contributed by atoms with E-state index in [0.29, 0.717) is 6.54 Å². The van der Waals surface area contributed by atoms with E-state index in [1.807, 2.05) is 18.7 Å². The third-order valence-corrected chi connectivity index (χ3v) is 4.43. The summed E-state index contributed by atoms with van der Waals surface area (Å²) < 4.78 is 0. The van der Waals surface area contributed by atoms with Gasteiger partial charge in [0.05, 0.1) is 11.5 Å². The molecule has 2 unspecified atom stereocenters. The Bertz CT molecular complexity index is 333. The van der Waals surface area contributed by atoms with Crippen LogP contribution in [0, 0.1) is 5.92 Å². The van der Waals surface area contributed by atoms with Crippen LogP contribution in [0.4, 0.5) is 0 Å². The fourth-order valence-corrected chi connectivity index (χ4v) is 3.37. The lowest BCUT2D eigenvalue weighted by Gasteiger charge is -2.40. The minimum Gasteiger partial charge on any atom is -0.389 e. The summed E-state index contributed by atoms with van der Waals surface area (Å²) in [6.45, 7) is 7.53. The van der Waals surface area contributed by atoms with E-state index in [9.17, 15) is 9.90 Å². The number of hydrogen-bond acceptors (Lipinski definition) is 4. The number of carbonyl (C=O) groups is 1. The van der Waals surface area contributed by atoms with Crippen LogP contribution in [0.1, 0.15) is 39.5 Å². The summed E-state index contributed by atoms with van der Waals surface area (Å²) in [6, 6.07) is 0.0469. The van der Waals surface area contributed by atoms with Crippen molar-refractivity contribution in [1.82, 2.24) is 9.80 Å². The van der Waals surface area contributed by atoms with Gasteiger partial charge in [0.25, 0.3) is 0 Å². The molecule has 1 amide bonds. The maximum Gasteiger partial charge on any atom is 0.227 e. The van der Waals surface area contributed by atoms with Crippen molar-refractivity contribution >= 4 is 5.91 Å². The minimum absolute atomic E-state index is 0.0320. The number of β-amino-alcohol motifs (C(OH)–C–C–N with tert-alkyl or cyclic N) is 1. The van der Waals surface area contributed by atoms with E-state index in [1.54, 1.807) is 0 Å². The van der Waals surface area contributed by atoms with Crippen LogP contribution in [-0.2, 0) is 4.79 Å². The molecule has 5 heteroatoms. The van der Waals surface area contributed by atoms with Crippen molar-refractivity contribution in [2.45, 2.75) is 51.2 Å². The van der Waals surface area contributed by atoms with E-state index in [4.69, 9.17) is 5.73 Å². The van der Waals surface area contributed by atoms with Crippen LogP contribution in [0.5, 0.6) is 0 Å². The van der Waals surface area contributed by atoms with E-state index >= 15 is 0 Å². The lowest BCUT2D eigenvalue weighted by molar-refractivity contribution is -0.139. The molecule has 0 spiro atoms. The highest BCUT2D eigenvalue weighted by molar-refractivity contribution is 5.79. The van der Waals surface area contributed by atoms with Crippen LogP contribution in [0.2, 0.25) is 0 Å². The summed E-state index contributed by atoms with van der Waals surface area (Å²) in [6.07, 6.45) is 4.21. The van der Waals surface area contributed by atoms with Gasteiger partial charge in [-0.3, -0.25) is 9.69 Å². The zero-order valence-electron chi connectivity index (χ0n) is 12.8. The monoisotopic (exact) mass is 283 g/mol. The zero-order valence-corrected chi connectivity index (χ0v) is 12.8. The molecule has 20 heavy (non-hydrogen) atoms. The van der Waals surface area contributed by atoms with Gasteiger partial charge in [-0.2, -0.15) is 0 Å². The Morgan fingerprint density at radius 3 is 2.35 bits per heavy atom. The smallest absolute Gasteiger partial charge is 0.227 e. The highest BCUT2D eigenvalue weighted by atomic mass is 16.3. The first-order valence-corrected chi connectivity index (χ1v) is 7.86. The van der Waals surface area contributed by atoms with E-state index in [0.717, 1.165) is 51.9 Å². The topological polar surface area (TPSA) is 69.8 Å². The largest absolute Gasteiger partial charge is 0.389 e. The third-order valence-electron chi connectivity index (χ3n) is 4.43. The SMILES string of the molecule is CC(C)(O)CN1CCN(C(=O)C2CCCCC2N)CC1. The Hall–Kier alpha value is -0.650. The van der Waals surface area contributed by atoms with Gasteiger partial charge in [0, 0.05) is 38.8 Å². The molecule has 3 N–H and O–H groups in total. The number of piperazine rings is 1. The van der Waals surface area contributed by atoms with Crippen molar-refractivity contribution in [1.29, 1.82) is 0 Å². The highest BCUT2D eigenvalue weighted by Gasteiger charge is 2.33. The molecule has 0 radical (unpaired) electrons. The average Bonchev–Trinajstić information content (AvgIpc) is 2.37. The summed E-state index contributed by atoms with van der Waals surface area (Å²) in [7, 11) is 0. The second-order valence-corrected chi connectivity index (χ2v) is 6.97. The second-order valence-electron chi connectivity index (χ2n) is 6.97. The molecule has 2 rings (SSSR count). The van der Waals surface area contributed by atoms with Gasteiger partial charge in [-0.25, -0.2) is 0 Å². The Kier molecular flexibility index (Phi) is 5.04. The minimum atomic E-state index is -0.669. The number of nitrogens with two attached hydrogens (primary N) is 1. The molecular formula is C15H29N3O2. The van der Waals surface area contributed by atoms with Crippen LogP contribution in [0.3, 0.4) is 0 Å². The van der Waals surface area contributed by atoms with Crippen molar-refractivity contribution in [2.75, 3.05) is 32.7 Å². The van der Waals surface area contributed by atoms with Gasteiger partial charge in [-0.15, -0.1) is 0 Å². The summed E-state index contributed by atoms with van der Waals surface area (Å²) in [5, 5.41) is 9.84. The molecule has 5 nitrogen and oxygen atoms in total. The Labute approximate surface area is 122 Å². The average molecular weight is 283 g/mol. The molecule has 1 heterocycles. The second kappa shape index (κ2) is 6.41. The van der Waals surface area contributed by atoms with Crippen LogP contribution in [0.15, 0.2) is 0 Å². The van der Waals surface area contributed by atoms with Crippen molar-refractivity contribution in [3.05, 3.63) is 0 Å². The van der Waals surface area contributed by atoms with Crippen LogP contribution in [0.25, 0.3) is 0 Å². The normalized spacial score (nSPS) is 29.5. The van der Waals surface area contributed by atoms with Crippen molar-refractivity contribution in [3.8, 4) is 0 Å². The molecular weight excluding hydrogens is 254 g/mol. The predicted molar refractivity (Wildman–Crippen MR) is 79.3 cm³/mol. The number of aliphatic hydroxyl groups is 1. The molecule has 0 bridgehead atoms. The zero-order chi connectivity index (χ0) is 14.8. The Balaban J connectivity index is 1.82. The van der Waals surface area contributed by atoms with E-state index in [2.05, 4.69) is 4.90 Å². The first kappa shape index (κ1) is 15.7. The maximum absolute atomic E-state index is 12.5. The summed E-state index contributed by atoms with van der Waals surface area (Å²) in [5.74, 6) is 0.282. The fourth-order valence-electron chi connectivity index (χ4n) is 3.37. The van der Waals surface area contributed by atoms with Gasteiger partial charge < -0.3 is 15.7 Å². The van der Waals surface area contributed by atoms with Crippen molar-refractivity contribution < 1.29 is 9.90 Å². The molecule has 1 aliphatic carbocycles. The van der Waals surface area contributed by atoms with E-state index in [1.165, 1.54) is 0 Å². The summed E-state index contributed by atoms with van der Waals surface area (Å²) in [5.41, 5.74) is 5.44. The van der Waals surface area contributed by atoms with Gasteiger partial charge >= 0.3 is 0 Å². The van der Waals surface area contributed by atoms with Gasteiger partial charge in [-0.1, -0.05) is 12.8 Å². The summed E-state index contributed by atoms with van der Waals surface area (Å²) >= 11 is 0. The van der Waals surface area contributed by atoms with E-state index in [-0.39, 0.29) is 17.9 Å². The Morgan fingerprint density at radius 2 is 1.80 bits per heavy atom. The number of carbonyl (C=O) groups excluding carboxylic acids is 1. The fraction of sp³-hybridized carbons (Fsp3) is 0.933. The van der Waals surface area contributed by atoms with Gasteiger partial charge in [0.15, 0.2) is 0 Å². The highest BCUT2D eigenvalue weighted by Crippen LogP contribution is 2.25. The molecule has 1 saturated carbocycles. The number of amides is 1. The molecule has 116 valence electrons. The number of hydrogen-bond donors (Lipinski definition) is 2. The third kappa shape index (κ3) is 4.17. The molecule has 0 aromatic rings. The molecule has 2 aliphatic rings. The maximum atomic E-state index is 12.5. The van der Waals surface area contributed by atoms with E-state index < -0.39 is 5.60 Å². The molecule has 0 aromatic heterocycles. The predicted octanol–water partition coefficient (Wildman–Crippen LogP) is 0.419. The summed E-state index contributed by atoms with van der Waals surface area (Å²) in [4.78, 5) is 16.7.